The van der Waals surface area contributed by atoms with Crippen molar-refractivity contribution in [1.82, 2.24) is 4.72 Å². The number of nitrogens with one attached hydrogen (secondary N) is 1. The summed E-state index contributed by atoms with van der Waals surface area (Å²) >= 11 is 6.07. The number of rotatable bonds is 5. The Balaban J connectivity index is 1.62. The topological polar surface area (TPSA) is 97.3 Å². The summed E-state index contributed by atoms with van der Waals surface area (Å²) in [7, 11) is -1.54. The van der Waals surface area contributed by atoms with Gasteiger partial charge in [-0.2, -0.15) is 0 Å². The number of benzene rings is 1. The Bertz CT molecular complexity index is 1450. The number of ether oxygens (including phenoxy) is 2. The van der Waals surface area contributed by atoms with Crippen LogP contribution in [0.4, 0.5) is 5.69 Å². The van der Waals surface area contributed by atoms with Crippen LogP contribution in [0.2, 0.25) is 0 Å². The summed E-state index contributed by atoms with van der Waals surface area (Å²) in [5.41, 5.74) is 3.82. The van der Waals surface area contributed by atoms with Crippen molar-refractivity contribution in [3.63, 3.8) is 0 Å². The van der Waals surface area contributed by atoms with E-state index in [4.69, 9.17) is 21.1 Å². The zero-order valence-electron chi connectivity index (χ0n) is 25.5. The number of nitrogens with zero attached hydrogens (tertiary/aromatic N) is 2. The number of fused-ring (bicyclic) bond motifs is 2. The fourth-order valence-corrected chi connectivity index (χ4v) is 8.35. The number of allylic oxidation sites excluding steroid dienone is 3. The standard InChI is InChI=1S/C33H44ClN3O5S/c1-4-30(38)35-43(40)18-9-5-6-13-29(41-3)31-26-20-33(26,31)22-37-21-25(12-10-16-34)23(2)11-7-8-17-42-28-15-14-24(19-27(28)37)32(39)36-43/h6,10,12-15,19,26,29,31H,4-5,7-9,11,16-18,20-22H2,1-3H3,(H,35,36,38,39,40)/b12-10-,13-6+,25-23-/t26-,29+,31-,33?,43+/m1/s1. The molecule has 43 heavy (non-hydrogen) atoms. The third-order valence-corrected chi connectivity index (χ3v) is 11.3. The van der Waals surface area contributed by atoms with Gasteiger partial charge in [-0.15, -0.1) is 16.0 Å². The second kappa shape index (κ2) is 13.6. The predicted molar refractivity (Wildman–Crippen MR) is 172 cm³/mol. The van der Waals surface area contributed by atoms with Crippen molar-refractivity contribution in [2.75, 3.05) is 43.3 Å². The van der Waals surface area contributed by atoms with Crippen molar-refractivity contribution in [1.29, 1.82) is 0 Å². The van der Waals surface area contributed by atoms with E-state index in [-0.39, 0.29) is 23.7 Å². The Kier molecular flexibility index (Phi) is 10.0. The van der Waals surface area contributed by atoms with E-state index < -0.39 is 21.7 Å². The molecular weight excluding hydrogens is 586 g/mol. The fourth-order valence-electron chi connectivity index (χ4n) is 6.60. The van der Waals surface area contributed by atoms with Gasteiger partial charge in [0.2, 0.25) is 5.91 Å². The molecule has 5 rings (SSSR count). The molecular formula is C33H44ClN3O5S. The molecule has 234 valence electrons. The van der Waals surface area contributed by atoms with Gasteiger partial charge < -0.3 is 14.4 Å². The van der Waals surface area contributed by atoms with E-state index in [9.17, 15) is 13.8 Å². The predicted octanol–water partition coefficient (Wildman–Crippen LogP) is 6.22. The summed E-state index contributed by atoms with van der Waals surface area (Å²) < 4.78 is 32.8. The average Bonchev–Trinajstić information content (AvgIpc) is 3.86. The highest BCUT2D eigenvalue weighted by molar-refractivity contribution is 7.92. The molecule has 1 spiro atoms. The van der Waals surface area contributed by atoms with Gasteiger partial charge in [-0.25, -0.2) is 4.21 Å². The number of methoxy groups -OCH3 is 1. The normalized spacial score (nSPS) is 33.7. The van der Waals surface area contributed by atoms with Gasteiger partial charge in [-0.3, -0.25) is 14.3 Å². The minimum atomic E-state index is -3.30. The van der Waals surface area contributed by atoms with E-state index in [1.54, 1.807) is 20.1 Å². The lowest BCUT2D eigenvalue weighted by Crippen LogP contribution is -2.34. The molecule has 0 aromatic heterocycles. The number of alkyl halides is 1. The van der Waals surface area contributed by atoms with Gasteiger partial charge in [0.15, 0.2) is 0 Å². The van der Waals surface area contributed by atoms with Crippen molar-refractivity contribution < 1.29 is 23.3 Å². The van der Waals surface area contributed by atoms with Crippen molar-refractivity contribution in [2.45, 2.75) is 64.9 Å². The minimum Gasteiger partial charge on any atom is -0.491 e. The second-order valence-electron chi connectivity index (χ2n) is 12.2. The molecule has 4 aliphatic rings. The Labute approximate surface area is 261 Å². The van der Waals surface area contributed by atoms with Crippen LogP contribution in [-0.2, 0) is 19.4 Å². The molecule has 1 N–H and O–H groups in total. The van der Waals surface area contributed by atoms with Crippen LogP contribution >= 0.6 is 11.6 Å². The van der Waals surface area contributed by atoms with Gasteiger partial charge in [0.1, 0.15) is 15.7 Å². The summed E-state index contributed by atoms with van der Waals surface area (Å²) in [4.78, 5) is 28.2. The van der Waals surface area contributed by atoms with Gasteiger partial charge in [0.25, 0.3) is 5.91 Å². The summed E-state index contributed by atoms with van der Waals surface area (Å²) in [5, 5.41) is 0. The van der Waals surface area contributed by atoms with Crippen LogP contribution in [0.1, 0.15) is 69.2 Å². The molecule has 2 amide bonds. The fraction of sp³-hybridized carbons (Fsp3) is 0.576. The molecule has 2 fully saturated rings. The number of hydrogen-bond acceptors (Lipinski definition) is 6. The number of hydrogen-bond donors (Lipinski definition) is 1. The van der Waals surface area contributed by atoms with Crippen LogP contribution in [0.5, 0.6) is 5.75 Å². The SMILES string of the molecule is CCC(=O)N[S@]1(=O)=NC(=O)c2ccc3c(c2)N(CC(/C=C\CCl)=C(/C)CCCCO3)CC23C[C@@H]2[C@@H]3[C@@H](OC)/C=C/CCC1. The lowest BCUT2D eigenvalue weighted by Gasteiger charge is -2.31. The molecule has 2 aliphatic heterocycles. The highest BCUT2D eigenvalue weighted by Gasteiger charge is 2.80. The highest BCUT2D eigenvalue weighted by atomic mass is 35.5. The summed E-state index contributed by atoms with van der Waals surface area (Å²) in [6.07, 6.45) is 13.7. The monoisotopic (exact) mass is 629 g/mol. The maximum atomic E-state index is 13.8. The Morgan fingerprint density at radius 2 is 2.16 bits per heavy atom. The van der Waals surface area contributed by atoms with Gasteiger partial charge in [0.05, 0.1) is 24.2 Å². The van der Waals surface area contributed by atoms with Crippen LogP contribution in [0.15, 0.2) is 58.0 Å². The lowest BCUT2D eigenvalue weighted by molar-refractivity contribution is -0.118. The summed E-state index contributed by atoms with van der Waals surface area (Å²) in [5.74, 6) is 1.24. The first-order valence-corrected chi connectivity index (χ1v) is 17.7. The van der Waals surface area contributed by atoms with Gasteiger partial charge >= 0.3 is 0 Å². The van der Waals surface area contributed by atoms with Crippen LogP contribution in [0.3, 0.4) is 0 Å². The van der Waals surface area contributed by atoms with Crippen molar-refractivity contribution in [3.8, 4) is 5.75 Å². The van der Waals surface area contributed by atoms with Gasteiger partial charge in [-0.1, -0.05) is 36.8 Å². The molecule has 10 heteroatoms. The van der Waals surface area contributed by atoms with E-state index >= 15 is 0 Å². The molecule has 5 atom stereocenters. The molecule has 1 aromatic rings. The molecule has 0 saturated heterocycles. The van der Waals surface area contributed by atoms with Crippen molar-refractivity contribution >= 4 is 39.0 Å². The number of carbonyl (C=O) groups excluding carboxylic acids is 2. The largest absolute Gasteiger partial charge is 0.491 e. The third kappa shape index (κ3) is 7.21. The molecule has 2 aliphatic carbocycles. The molecule has 2 bridgehead atoms. The first kappa shape index (κ1) is 31.8. The molecule has 1 aromatic carbocycles. The molecule has 1 unspecified atom stereocenters. The average molecular weight is 630 g/mol. The Hall–Kier alpha value is -2.62. The zero-order valence-corrected chi connectivity index (χ0v) is 27.1. The Morgan fingerprint density at radius 1 is 1.33 bits per heavy atom. The Morgan fingerprint density at radius 3 is 2.91 bits per heavy atom. The third-order valence-electron chi connectivity index (χ3n) is 9.29. The van der Waals surface area contributed by atoms with E-state index in [0.29, 0.717) is 55.0 Å². The summed E-state index contributed by atoms with van der Waals surface area (Å²) in [6, 6.07) is 5.34. The van der Waals surface area contributed by atoms with E-state index in [0.717, 1.165) is 37.9 Å². The molecule has 8 nitrogen and oxygen atoms in total. The van der Waals surface area contributed by atoms with Crippen LogP contribution < -0.4 is 14.4 Å². The first-order valence-electron chi connectivity index (χ1n) is 15.5. The van der Waals surface area contributed by atoms with E-state index in [1.165, 1.54) is 11.1 Å². The van der Waals surface area contributed by atoms with Crippen molar-refractivity contribution in [2.24, 2.45) is 21.6 Å². The number of halogens is 1. The molecule has 0 radical (unpaired) electrons. The summed E-state index contributed by atoms with van der Waals surface area (Å²) in [6.45, 7) is 5.89. The maximum Gasteiger partial charge on any atom is 0.286 e. The molecule has 2 heterocycles. The quantitative estimate of drug-likeness (QED) is 0.307. The van der Waals surface area contributed by atoms with Crippen LogP contribution in [0, 0.1) is 17.3 Å². The van der Waals surface area contributed by atoms with Gasteiger partial charge in [0, 0.05) is 38.1 Å². The number of amides is 2. The van der Waals surface area contributed by atoms with E-state index in [2.05, 4.69) is 39.1 Å². The zero-order chi connectivity index (χ0) is 30.6. The molecule has 2 saturated carbocycles. The van der Waals surface area contributed by atoms with E-state index in [1.807, 2.05) is 18.2 Å². The highest BCUT2D eigenvalue weighted by Crippen LogP contribution is 2.81. The van der Waals surface area contributed by atoms with Gasteiger partial charge in [-0.05, 0) is 86.5 Å². The second-order valence-corrected chi connectivity index (χ2v) is 14.6. The van der Waals surface area contributed by atoms with Crippen LogP contribution in [0.25, 0.3) is 0 Å². The lowest BCUT2D eigenvalue weighted by atomic mass is 9.97. The van der Waals surface area contributed by atoms with Crippen LogP contribution in [-0.4, -0.2) is 60.6 Å². The maximum absolute atomic E-state index is 13.8. The first-order chi connectivity index (χ1) is 20.7. The number of anilines is 1. The smallest absolute Gasteiger partial charge is 0.286 e. The van der Waals surface area contributed by atoms with Crippen molar-refractivity contribution in [3.05, 3.63) is 59.2 Å². The minimum absolute atomic E-state index is 0.000882. The number of carbonyl (C=O) groups is 2.